The lowest BCUT2D eigenvalue weighted by molar-refractivity contribution is 0.249. The van der Waals surface area contributed by atoms with Gasteiger partial charge in [-0.3, -0.25) is 0 Å². The molecule has 16 heavy (non-hydrogen) atoms. The number of aryl methyl sites for hydroxylation is 1. The Hall–Kier alpha value is -1.55. The monoisotopic (exact) mass is 221 g/mol. The smallest absolute Gasteiger partial charge is 0.319 e. The fourth-order valence-corrected chi connectivity index (χ4v) is 1.35. The Labute approximate surface area is 96.2 Å². The number of hydrogen-bond acceptors (Lipinski definition) is 2. The topological polar surface area (TPSA) is 67.2 Å². The van der Waals surface area contributed by atoms with Gasteiger partial charge in [-0.15, -0.1) is 0 Å². The molecule has 0 aliphatic heterocycles. The summed E-state index contributed by atoms with van der Waals surface area (Å²) in [5.74, 6) is 0. The molecule has 1 aromatic carbocycles. The second-order valence-corrected chi connectivity index (χ2v) is 3.94. The Morgan fingerprint density at radius 1 is 1.38 bits per heavy atom. The molecule has 1 aromatic rings. The molecule has 0 fully saturated rings. The van der Waals surface area contributed by atoms with E-state index in [-0.39, 0.29) is 12.1 Å². The first kappa shape index (κ1) is 12.5. The first-order chi connectivity index (χ1) is 7.61. The van der Waals surface area contributed by atoms with Crippen LogP contribution in [0.2, 0.25) is 0 Å². The molecule has 4 heteroatoms. The van der Waals surface area contributed by atoms with Gasteiger partial charge >= 0.3 is 6.03 Å². The summed E-state index contributed by atoms with van der Waals surface area (Å²) in [7, 11) is 0. The summed E-state index contributed by atoms with van der Waals surface area (Å²) >= 11 is 0. The molecule has 4 N–H and O–H groups in total. The molecule has 2 amide bonds. The minimum absolute atomic E-state index is 0.0930. The van der Waals surface area contributed by atoms with Crippen LogP contribution in [0.4, 0.5) is 10.5 Å². The van der Waals surface area contributed by atoms with Crippen molar-refractivity contribution >= 4 is 11.7 Å². The third kappa shape index (κ3) is 4.31. The zero-order valence-electron chi connectivity index (χ0n) is 9.79. The third-order valence-electron chi connectivity index (χ3n) is 2.29. The molecule has 0 aliphatic carbocycles. The minimum Gasteiger partial charge on any atom is -0.335 e. The van der Waals surface area contributed by atoms with Gasteiger partial charge in [-0.25, -0.2) is 4.79 Å². The molecule has 0 aromatic heterocycles. The van der Waals surface area contributed by atoms with E-state index in [1.165, 1.54) is 5.56 Å². The average Bonchev–Trinajstić information content (AvgIpc) is 2.21. The van der Waals surface area contributed by atoms with Gasteiger partial charge in [0.15, 0.2) is 0 Å². The van der Waals surface area contributed by atoms with Crippen molar-refractivity contribution in [2.24, 2.45) is 5.73 Å². The van der Waals surface area contributed by atoms with Crippen LogP contribution in [0.3, 0.4) is 0 Å². The summed E-state index contributed by atoms with van der Waals surface area (Å²) in [6, 6.07) is 7.57. The zero-order valence-corrected chi connectivity index (χ0v) is 9.79. The number of nitrogens with one attached hydrogen (secondary N) is 2. The largest absolute Gasteiger partial charge is 0.335 e. The van der Waals surface area contributed by atoms with E-state index in [9.17, 15) is 4.79 Å². The highest BCUT2D eigenvalue weighted by atomic mass is 16.2. The molecular formula is C12H19N3O. The fraction of sp³-hybridized carbons (Fsp3) is 0.417. The van der Waals surface area contributed by atoms with Crippen molar-refractivity contribution in [1.29, 1.82) is 0 Å². The normalized spacial score (nSPS) is 11.9. The fourth-order valence-electron chi connectivity index (χ4n) is 1.35. The summed E-state index contributed by atoms with van der Waals surface area (Å²) in [4.78, 5) is 11.5. The Bertz CT molecular complexity index is 335. The van der Waals surface area contributed by atoms with E-state index in [0.29, 0.717) is 6.54 Å². The second kappa shape index (κ2) is 6.12. The van der Waals surface area contributed by atoms with Crippen LogP contribution in [0.15, 0.2) is 24.3 Å². The van der Waals surface area contributed by atoms with Gasteiger partial charge in [0.05, 0.1) is 0 Å². The molecule has 0 aliphatic rings. The van der Waals surface area contributed by atoms with E-state index in [2.05, 4.69) is 10.6 Å². The maximum absolute atomic E-state index is 11.5. The number of rotatable bonds is 4. The summed E-state index contributed by atoms with van der Waals surface area (Å²) < 4.78 is 0. The van der Waals surface area contributed by atoms with Crippen LogP contribution in [-0.2, 0) is 0 Å². The van der Waals surface area contributed by atoms with Crippen LogP contribution < -0.4 is 16.4 Å². The van der Waals surface area contributed by atoms with Gasteiger partial charge in [-0.2, -0.15) is 0 Å². The van der Waals surface area contributed by atoms with Crippen molar-refractivity contribution < 1.29 is 4.79 Å². The predicted molar refractivity (Wildman–Crippen MR) is 66.5 cm³/mol. The summed E-state index contributed by atoms with van der Waals surface area (Å²) in [5, 5.41) is 5.58. The number of amides is 2. The van der Waals surface area contributed by atoms with E-state index in [1.54, 1.807) is 0 Å². The predicted octanol–water partition coefficient (Wildman–Crippen LogP) is 1.85. The van der Waals surface area contributed by atoms with Gasteiger partial charge in [0.25, 0.3) is 0 Å². The SMILES string of the molecule is Cc1ccc(NC(=O)NC(C)CCN)cc1. The van der Waals surface area contributed by atoms with Crippen molar-refractivity contribution in [3.05, 3.63) is 29.8 Å². The Morgan fingerprint density at radius 2 is 2.00 bits per heavy atom. The van der Waals surface area contributed by atoms with Crippen molar-refractivity contribution in [2.45, 2.75) is 26.3 Å². The first-order valence-corrected chi connectivity index (χ1v) is 5.46. The maximum atomic E-state index is 11.5. The molecule has 0 spiro atoms. The molecule has 0 saturated heterocycles. The number of hydrogen-bond donors (Lipinski definition) is 3. The number of anilines is 1. The highest BCUT2D eigenvalue weighted by molar-refractivity contribution is 5.89. The lowest BCUT2D eigenvalue weighted by Crippen LogP contribution is -2.37. The Morgan fingerprint density at radius 3 is 2.56 bits per heavy atom. The Kier molecular flexibility index (Phi) is 4.79. The number of carbonyl (C=O) groups is 1. The molecule has 0 radical (unpaired) electrons. The van der Waals surface area contributed by atoms with E-state index in [0.717, 1.165) is 12.1 Å². The van der Waals surface area contributed by atoms with Gasteiger partial charge < -0.3 is 16.4 Å². The van der Waals surface area contributed by atoms with Crippen LogP contribution in [0, 0.1) is 6.92 Å². The van der Waals surface area contributed by atoms with Crippen LogP contribution in [0.25, 0.3) is 0 Å². The van der Waals surface area contributed by atoms with Gasteiger partial charge in [-0.05, 0) is 38.9 Å². The van der Waals surface area contributed by atoms with Crippen molar-refractivity contribution in [2.75, 3.05) is 11.9 Å². The van der Waals surface area contributed by atoms with E-state index >= 15 is 0 Å². The molecule has 4 nitrogen and oxygen atoms in total. The lowest BCUT2D eigenvalue weighted by atomic mass is 10.2. The van der Waals surface area contributed by atoms with E-state index in [4.69, 9.17) is 5.73 Å². The first-order valence-electron chi connectivity index (χ1n) is 5.46. The highest BCUT2D eigenvalue weighted by Crippen LogP contribution is 2.08. The van der Waals surface area contributed by atoms with E-state index in [1.807, 2.05) is 38.1 Å². The quantitative estimate of drug-likeness (QED) is 0.726. The van der Waals surface area contributed by atoms with Crippen LogP contribution in [0.1, 0.15) is 18.9 Å². The number of benzene rings is 1. The maximum Gasteiger partial charge on any atom is 0.319 e. The third-order valence-corrected chi connectivity index (χ3v) is 2.29. The molecular weight excluding hydrogens is 202 g/mol. The summed E-state index contributed by atoms with van der Waals surface area (Å²) in [6.45, 7) is 4.51. The van der Waals surface area contributed by atoms with Crippen molar-refractivity contribution in [3.8, 4) is 0 Å². The lowest BCUT2D eigenvalue weighted by Gasteiger charge is -2.13. The van der Waals surface area contributed by atoms with Crippen molar-refractivity contribution in [3.63, 3.8) is 0 Å². The summed E-state index contributed by atoms with van der Waals surface area (Å²) in [6.07, 6.45) is 0.779. The highest BCUT2D eigenvalue weighted by Gasteiger charge is 2.05. The molecule has 0 heterocycles. The molecule has 1 atom stereocenters. The van der Waals surface area contributed by atoms with Gasteiger partial charge in [0.2, 0.25) is 0 Å². The van der Waals surface area contributed by atoms with Gasteiger partial charge in [0, 0.05) is 11.7 Å². The second-order valence-electron chi connectivity index (χ2n) is 3.94. The van der Waals surface area contributed by atoms with Crippen LogP contribution in [0.5, 0.6) is 0 Å². The molecule has 0 saturated carbocycles. The van der Waals surface area contributed by atoms with Gasteiger partial charge in [-0.1, -0.05) is 17.7 Å². The molecule has 0 bridgehead atoms. The van der Waals surface area contributed by atoms with Crippen molar-refractivity contribution in [1.82, 2.24) is 5.32 Å². The Balaban J connectivity index is 2.42. The average molecular weight is 221 g/mol. The van der Waals surface area contributed by atoms with E-state index < -0.39 is 0 Å². The molecule has 88 valence electrons. The standard InChI is InChI=1S/C12H19N3O/c1-9-3-5-11(6-4-9)15-12(16)14-10(2)7-8-13/h3-6,10H,7-8,13H2,1-2H3,(H2,14,15,16). The zero-order chi connectivity index (χ0) is 12.0. The minimum atomic E-state index is -0.190. The number of nitrogens with two attached hydrogens (primary N) is 1. The van der Waals surface area contributed by atoms with Gasteiger partial charge in [0.1, 0.15) is 0 Å². The number of carbonyl (C=O) groups excluding carboxylic acids is 1. The number of urea groups is 1. The molecule has 1 rings (SSSR count). The van der Waals surface area contributed by atoms with Crippen LogP contribution in [-0.4, -0.2) is 18.6 Å². The summed E-state index contributed by atoms with van der Waals surface area (Å²) in [5.41, 5.74) is 7.37. The molecule has 1 unspecified atom stereocenters. The van der Waals surface area contributed by atoms with Crippen LogP contribution >= 0.6 is 0 Å².